The number of carbonyl (C=O) groups is 1. The molecule has 0 saturated heterocycles. The Kier molecular flexibility index (Phi) is 6.80. The molecule has 0 heterocycles. The summed E-state index contributed by atoms with van der Waals surface area (Å²) in [5.74, 6) is 0.536. The number of carboxylic acid groups (broad SMARTS) is 1. The summed E-state index contributed by atoms with van der Waals surface area (Å²) in [7, 11) is 0. The van der Waals surface area contributed by atoms with E-state index in [2.05, 4.69) is 6.92 Å². The number of rotatable bonds is 8. The Morgan fingerprint density at radius 3 is 2.89 bits per heavy atom. The number of hydrogen-bond acceptors (Lipinski definition) is 2. The lowest BCUT2D eigenvalue weighted by atomic mass is 9.95. The molecule has 1 aromatic carbocycles. The van der Waals surface area contributed by atoms with Gasteiger partial charge in [0.15, 0.2) is 0 Å². The van der Waals surface area contributed by atoms with Gasteiger partial charge in [-0.25, -0.2) is 4.39 Å². The monoisotopic (exact) mass is 270 g/mol. The second kappa shape index (κ2) is 8.14. The van der Waals surface area contributed by atoms with Gasteiger partial charge in [0.05, 0.1) is 5.92 Å². The quantitative estimate of drug-likeness (QED) is 0.733. The highest BCUT2D eigenvalue weighted by Gasteiger charge is 2.17. The van der Waals surface area contributed by atoms with E-state index in [4.69, 9.17) is 5.11 Å². The number of hydrogen-bond donors (Lipinski definition) is 1. The first-order valence-electron chi connectivity index (χ1n) is 6.18. The van der Waals surface area contributed by atoms with Crippen LogP contribution in [0.4, 0.5) is 4.39 Å². The molecule has 0 spiro atoms. The molecule has 0 saturated carbocycles. The van der Waals surface area contributed by atoms with Crippen molar-refractivity contribution >= 4 is 17.7 Å². The summed E-state index contributed by atoms with van der Waals surface area (Å²) in [4.78, 5) is 11.2. The third-order valence-electron chi connectivity index (χ3n) is 2.77. The SMILES string of the molecule is CCSCCCC(Cc1cccc(F)c1)C(=O)O. The van der Waals surface area contributed by atoms with Crippen molar-refractivity contribution in [1.82, 2.24) is 0 Å². The van der Waals surface area contributed by atoms with Gasteiger partial charge in [-0.2, -0.15) is 11.8 Å². The maximum atomic E-state index is 13.0. The smallest absolute Gasteiger partial charge is 0.306 e. The van der Waals surface area contributed by atoms with Crippen molar-refractivity contribution in [3.8, 4) is 0 Å². The first-order valence-corrected chi connectivity index (χ1v) is 7.34. The molecule has 0 fully saturated rings. The molecule has 1 atom stereocenters. The molecule has 0 aliphatic heterocycles. The third-order valence-corrected chi connectivity index (χ3v) is 3.75. The van der Waals surface area contributed by atoms with Crippen LogP contribution in [0.15, 0.2) is 24.3 Å². The molecule has 0 amide bonds. The lowest BCUT2D eigenvalue weighted by Gasteiger charge is -2.12. The van der Waals surface area contributed by atoms with E-state index in [1.807, 2.05) is 11.8 Å². The summed E-state index contributed by atoms with van der Waals surface area (Å²) in [6, 6.07) is 6.18. The maximum absolute atomic E-state index is 13.0. The Morgan fingerprint density at radius 2 is 2.28 bits per heavy atom. The van der Waals surface area contributed by atoms with Crippen LogP contribution in [0.25, 0.3) is 0 Å². The maximum Gasteiger partial charge on any atom is 0.306 e. The van der Waals surface area contributed by atoms with Crippen LogP contribution >= 0.6 is 11.8 Å². The first kappa shape index (κ1) is 15.0. The molecule has 1 rings (SSSR count). The Bertz CT molecular complexity index is 382. The van der Waals surface area contributed by atoms with E-state index in [1.54, 1.807) is 12.1 Å². The molecule has 0 bridgehead atoms. The Labute approximate surface area is 112 Å². The molecular formula is C14H19FO2S. The highest BCUT2D eigenvalue weighted by molar-refractivity contribution is 7.99. The molecule has 0 aliphatic carbocycles. The van der Waals surface area contributed by atoms with Crippen molar-refractivity contribution in [2.24, 2.45) is 5.92 Å². The van der Waals surface area contributed by atoms with Gasteiger partial charge in [-0.15, -0.1) is 0 Å². The van der Waals surface area contributed by atoms with Crippen molar-refractivity contribution in [2.45, 2.75) is 26.2 Å². The zero-order valence-electron chi connectivity index (χ0n) is 10.6. The van der Waals surface area contributed by atoms with Crippen LogP contribution < -0.4 is 0 Å². The largest absolute Gasteiger partial charge is 0.481 e. The van der Waals surface area contributed by atoms with Gasteiger partial charge in [0.1, 0.15) is 5.82 Å². The van der Waals surface area contributed by atoms with E-state index in [9.17, 15) is 9.18 Å². The van der Waals surface area contributed by atoms with Crippen molar-refractivity contribution in [3.05, 3.63) is 35.6 Å². The highest BCUT2D eigenvalue weighted by Crippen LogP contribution is 2.17. The highest BCUT2D eigenvalue weighted by atomic mass is 32.2. The van der Waals surface area contributed by atoms with E-state index in [-0.39, 0.29) is 5.82 Å². The second-order valence-corrected chi connectivity index (χ2v) is 5.60. The van der Waals surface area contributed by atoms with E-state index < -0.39 is 11.9 Å². The average molecular weight is 270 g/mol. The Morgan fingerprint density at radius 1 is 1.50 bits per heavy atom. The fourth-order valence-corrected chi connectivity index (χ4v) is 2.50. The topological polar surface area (TPSA) is 37.3 Å². The van der Waals surface area contributed by atoms with E-state index >= 15 is 0 Å². The van der Waals surface area contributed by atoms with Crippen LogP contribution in [0.5, 0.6) is 0 Å². The van der Waals surface area contributed by atoms with Gasteiger partial charge in [-0.1, -0.05) is 19.1 Å². The minimum atomic E-state index is -0.791. The van der Waals surface area contributed by atoms with Crippen molar-refractivity contribution in [2.75, 3.05) is 11.5 Å². The van der Waals surface area contributed by atoms with Gasteiger partial charge in [0.2, 0.25) is 0 Å². The third kappa shape index (κ3) is 5.54. The van der Waals surface area contributed by atoms with Crippen LogP contribution in [0, 0.1) is 11.7 Å². The van der Waals surface area contributed by atoms with Gasteiger partial charge in [0, 0.05) is 0 Å². The molecule has 1 N–H and O–H groups in total. The lowest BCUT2D eigenvalue weighted by Crippen LogP contribution is -2.16. The van der Waals surface area contributed by atoms with Gasteiger partial charge < -0.3 is 5.11 Å². The molecule has 1 aromatic rings. The fourth-order valence-electron chi connectivity index (χ4n) is 1.84. The summed E-state index contributed by atoms with van der Waals surface area (Å²) < 4.78 is 13.0. The van der Waals surface area contributed by atoms with Crippen molar-refractivity contribution in [1.29, 1.82) is 0 Å². The molecule has 0 aromatic heterocycles. The van der Waals surface area contributed by atoms with Crippen LogP contribution in [0.1, 0.15) is 25.3 Å². The van der Waals surface area contributed by atoms with Gasteiger partial charge >= 0.3 is 5.97 Å². The van der Waals surface area contributed by atoms with E-state index in [0.29, 0.717) is 12.8 Å². The normalized spacial score (nSPS) is 12.3. The van der Waals surface area contributed by atoms with Crippen LogP contribution in [-0.2, 0) is 11.2 Å². The van der Waals surface area contributed by atoms with Crippen molar-refractivity contribution < 1.29 is 14.3 Å². The van der Waals surface area contributed by atoms with Crippen LogP contribution in [0.2, 0.25) is 0 Å². The Balaban J connectivity index is 2.50. The molecule has 2 nitrogen and oxygen atoms in total. The second-order valence-electron chi connectivity index (χ2n) is 4.21. The molecule has 18 heavy (non-hydrogen) atoms. The van der Waals surface area contributed by atoms with Crippen LogP contribution in [0.3, 0.4) is 0 Å². The van der Waals surface area contributed by atoms with Crippen molar-refractivity contribution in [3.63, 3.8) is 0 Å². The number of halogens is 1. The first-order chi connectivity index (χ1) is 8.63. The fraction of sp³-hybridized carbons (Fsp3) is 0.500. The molecule has 4 heteroatoms. The predicted molar refractivity (Wildman–Crippen MR) is 73.5 cm³/mol. The minimum Gasteiger partial charge on any atom is -0.481 e. The summed E-state index contributed by atoms with van der Waals surface area (Å²) in [6.07, 6.45) is 1.95. The van der Waals surface area contributed by atoms with E-state index in [0.717, 1.165) is 23.5 Å². The summed E-state index contributed by atoms with van der Waals surface area (Å²) in [5, 5.41) is 9.16. The number of aliphatic carboxylic acids is 1. The van der Waals surface area contributed by atoms with Gasteiger partial charge in [-0.05, 0) is 48.5 Å². The zero-order chi connectivity index (χ0) is 13.4. The van der Waals surface area contributed by atoms with Crippen LogP contribution in [-0.4, -0.2) is 22.6 Å². The molecule has 100 valence electrons. The predicted octanol–water partition coefficient (Wildman–Crippen LogP) is 3.60. The zero-order valence-corrected chi connectivity index (χ0v) is 11.4. The average Bonchev–Trinajstić information content (AvgIpc) is 2.33. The minimum absolute atomic E-state index is 0.307. The van der Waals surface area contributed by atoms with E-state index in [1.165, 1.54) is 12.1 Å². The van der Waals surface area contributed by atoms with Gasteiger partial charge in [-0.3, -0.25) is 4.79 Å². The lowest BCUT2D eigenvalue weighted by molar-refractivity contribution is -0.141. The molecule has 1 unspecified atom stereocenters. The molecule has 0 aliphatic rings. The summed E-state index contributed by atoms with van der Waals surface area (Å²) in [5.41, 5.74) is 0.755. The Hall–Kier alpha value is -1.03. The number of benzene rings is 1. The summed E-state index contributed by atoms with van der Waals surface area (Å²) in [6.45, 7) is 2.09. The van der Waals surface area contributed by atoms with Gasteiger partial charge in [0.25, 0.3) is 0 Å². The standard InChI is InChI=1S/C14H19FO2S/c1-2-18-8-4-6-12(14(16)17)9-11-5-3-7-13(15)10-11/h3,5,7,10,12H,2,4,6,8-9H2,1H3,(H,16,17). The molecule has 0 radical (unpaired) electrons. The number of carboxylic acids is 1. The molecular weight excluding hydrogens is 251 g/mol. The number of thioether (sulfide) groups is 1. The summed E-state index contributed by atoms with van der Waals surface area (Å²) >= 11 is 1.82.